The molecule has 0 amide bonds. The van der Waals surface area contributed by atoms with Gasteiger partial charge in [-0.3, -0.25) is 5.10 Å². The summed E-state index contributed by atoms with van der Waals surface area (Å²) < 4.78 is 40.3. The van der Waals surface area contributed by atoms with Crippen LogP contribution in [0.4, 0.5) is 19.1 Å². The maximum absolute atomic E-state index is 11.9. The van der Waals surface area contributed by atoms with Gasteiger partial charge in [0.05, 0.1) is 0 Å². The highest BCUT2D eigenvalue weighted by molar-refractivity contribution is 5.28. The van der Waals surface area contributed by atoms with Crippen molar-refractivity contribution in [2.75, 3.05) is 37.7 Å². The standard InChI is InChI=1S/C10H16F3N5O/c11-10(12,13)7-19-6-8-15-9(17-16-8)18-4-1-2-14-3-5-18/h14H,1-7H2,(H,15,16,17). The van der Waals surface area contributed by atoms with Gasteiger partial charge in [-0.2, -0.15) is 18.2 Å². The maximum atomic E-state index is 11.9. The molecule has 2 N–H and O–H groups in total. The van der Waals surface area contributed by atoms with Gasteiger partial charge in [-0.25, -0.2) is 0 Å². The fourth-order valence-electron chi connectivity index (χ4n) is 1.80. The molecule has 0 aromatic carbocycles. The normalized spacial score (nSPS) is 17.5. The number of aromatic nitrogens is 3. The van der Waals surface area contributed by atoms with Crippen molar-refractivity contribution in [3.63, 3.8) is 0 Å². The second-order valence-corrected chi connectivity index (χ2v) is 4.28. The van der Waals surface area contributed by atoms with E-state index in [1.165, 1.54) is 0 Å². The van der Waals surface area contributed by atoms with E-state index in [2.05, 4.69) is 25.2 Å². The van der Waals surface area contributed by atoms with E-state index in [1.807, 2.05) is 4.90 Å². The molecule has 0 spiro atoms. The second-order valence-electron chi connectivity index (χ2n) is 4.28. The Morgan fingerprint density at radius 3 is 2.89 bits per heavy atom. The summed E-state index contributed by atoms with van der Waals surface area (Å²) in [4.78, 5) is 6.12. The minimum Gasteiger partial charge on any atom is -0.364 e. The molecular weight excluding hydrogens is 263 g/mol. The molecule has 0 unspecified atom stereocenters. The highest BCUT2D eigenvalue weighted by Gasteiger charge is 2.27. The SMILES string of the molecule is FC(F)(F)COCc1nc(N2CCCNCC2)n[nH]1. The molecule has 9 heteroatoms. The lowest BCUT2D eigenvalue weighted by Gasteiger charge is -2.16. The van der Waals surface area contributed by atoms with Gasteiger partial charge in [-0.05, 0) is 13.0 Å². The van der Waals surface area contributed by atoms with E-state index in [-0.39, 0.29) is 6.61 Å². The maximum Gasteiger partial charge on any atom is 0.411 e. The molecule has 2 rings (SSSR count). The van der Waals surface area contributed by atoms with Gasteiger partial charge in [-0.15, -0.1) is 5.10 Å². The van der Waals surface area contributed by atoms with Gasteiger partial charge >= 0.3 is 6.18 Å². The van der Waals surface area contributed by atoms with Crippen LogP contribution < -0.4 is 10.2 Å². The monoisotopic (exact) mass is 279 g/mol. The van der Waals surface area contributed by atoms with Crippen LogP contribution in [0.3, 0.4) is 0 Å². The summed E-state index contributed by atoms with van der Waals surface area (Å²) in [7, 11) is 0. The molecule has 1 aromatic heterocycles. The second kappa shape index (κ2) is 6.20. The third-order valence-electron chi connectivity index (χ3n) is 2.65. The Balaban J connectivity index is 1.84. The molecule has 0 aliphatic carbocycles. The van der Waals surface area contributed by atoms with Crippen LogP contribution in [0.25, 0.3) is 0 Å². The number of rotatable bonds is 4. The molecule has 0 atom stereocenters. The lowest BCUT2D eigenvalue weighted by molar-refractivity contribution is -0.177. The van der Waals surface area contributed by atoms with Crippen molar-refractivity contribution in [2.45, 2.75) is 19.2 Å². The van der Waals surface area contributed by atoms with Gasteiger partial charge in [0, 0.05) is 19.6 Å². The summed E-state index contributed by atoms with van der Waals surface area (Å²) in [5, 5.41) is 9.84. The highest BCUT2D eigenvalue weighted by Crippen LogP contribution is 2.15. The van der Waals surface area contributed by atoms with Crippen molar-refractivity contribution >= 4 is 5.95 Å². The van der Waals surface area contributed by atoms with Gasteiger partial charge in [-0.1, -0.05) is 0 Å². The summed E-state index contributed by atoms with van der Waals surface area (Å²) in [6, 6.07) is 0. The first-order valence-corrected chi connectivity index (χ1v) is 6.06. The average Bonchev–Trinajstić information content (AvgIpc) is 2.62. The number of aromatic amines is 1. The molecule has 19 heavy (non-hydrogen) atoms. The fraction of sp³-hybridized carbons (Fsp3) is 0.800. The average molecular weight is 279 g/mol. The van der Waals surface area contributed by atoms with Crippen molar-refractivity contribution in [1.29, 1.82) is 0 Å². The van der Waals surface area contributed by atoms with E-state index in [1.54, 1.807) is 0 Å². The predicted molar refractivity (Wildman–Crippen MR) is 61.8 cm³/mol. The first-order valence-electron chi connectivity index (χ1n) is 6.06. The predicted octanol–water partition coefficient (Wildman–Crippen LogP) is 0.683. The molecule has 0 saturated carbocycles. The molecule has 1 fully saturated rings. The van der Waals surface area contributed by atoms with Crippen LogP contribution in [-0.4, -0.2) is 54.1 Å². The van der Waals surface area contributed by atoms with Crippen LogP contribution in [0.15, 0.2) is 0 Å². The Hall–Kier alpha value is -1.35. The van der Waals surface area contributed by atoms with E-state index in [0.29, 0.717) is 11.8 Å². The molecular formula is C10H16F3N5O. The Morgan fingerprint density at radius 1 is 1.26 bits per heavy atom. The smallest absolute Gasteiger partial charge is 0.364 e. The number of hydrogen-bond acceptors (Lipinski definition) is 5. The number of alkyl halides is 3. The number of hydrogen-bond donors (Lipinski definition) is 2. The van der Waals surface area contributed by atoms with Crippen LogP contribution in [0, 0.1) is 0 Å². The topological polar surface area (TPSA) is 66.1 Å². The molecule has 1 aliphatic heterocycles. The third-order valence-corrected chi connectivity index (χ3v) is 2.65. The Labute approximate surface area is 108 Å². The van der Waals surface area contributed by atoms with E-state index >= 15 is 0 Å². The third kappa shape index (κ3) is 4.67. The molecule has 1 aliphatic rings. The van der Waals surface area contributed by atoms with Crippen molar-refractivity contribution in [2.24, 2.45) is 0 Å². The summed E-state index contributed by atoms with van der Waals surface area (Å²) in [5.41, 5.74) is 0. The number of halogens is 3. The Bertz CT molecular complexity index is 387. The quantitative estimate of drug-likeness (QED) is 0.848. The summed E-state index contributed by atoms with van der Waals surface area (Å²) in [6.45, 7) is 1.89. The van der Waals surface area contributed by atoms with Gasteiger partial charge in [0.15, 0.2) is 5.82 Å². The molecule has 2 heterocycles. The summed E-state index contributed by atoms with van der Waals surface area (Å²) in [5.74, 6) is 0.811. The lowest BCUT2D eigenvalue weighted by Crippen LogP contribution is -2.28. The zero-order valence-corrected chi connectivity index (χ0v) is 10.3. The van der Waals surface area contributed by atoms with Gasteiger partial charge < -0.3 is 15.0 Å². The first-order chi connectivity index (χ1) is 9.04. The number of nitrogens with zero attached hydrogens (tertiary/aromatic N) is 3. The number of anilines is 1. The molecule has 1 saturated heterocycles. The van der Waals surface area contributed by atoms with Gasteiger partial charge in [0.1, 0.15) is 13.2 Å². The highest BCUT2D eigenvalue weighted by atomic mass is 19.4. The van der Waals surface area contributed by atoms with Crippen molar-refractivity contribution < 1.29 is 17.9 Å². The largest absolute Gasteiger partial charge is 0.411 e. The summed E-state index contributed by atoms with van der Waals surface area (Å²) in [6.07, 6.45) is -3.34. The molecule has 6 nitrogen and oxygen atoms in total. The van der Waals surface area contributed by atoms with Crippen LogP contribution in [0.1, 0.15) is 12.2 Å². The van der Waals surface area contributed by atoms with Crippen LogP contribution in [0.5, 0.6) is 0 Å². The lowest BCUT2D eigenvalue weighted by atomic mass is 10.4. The minimum absolute atomic E-state index is 0.224. The van der Waals surface area contributed by atoms with Crippen molar-refractivity contribution in [3.05, 3.63) is 5.82 Å². The number of H-pyrrole nitrogens is 1. The molecule has 108 valence electrons. The molecule has 1 aromatic rings. The number of ether oxygens (including phenoxy) is 1. The zero-order chi connectivity index (χ0) is 13.7. The number of nitrogens with one attached hydrogen (secondary N) is 2. The van der Waals surface area contributed by atoms with E-state index in [9.17, 15) is 13.2 Å². The van der Waals surface area contributed by atoms with Crippen LogP contribution >= 0.6 is 0 Å². The Kier molecular flexibility index (Phi) is 4.59. The van der Waals surface area contributed by atoms with Gasteiger partial charge in [0.25, 0.3) is 0 Å². The summed E-state index contributed by atoms with van der Waals surface area (Å²) >= 11 is 0. The van der Waals surface area contributed by atoms with Crippen LogP contribution in [-0.2, 0) is 11.3 Å². The zero-order valence-electron chi connectivity index (χ0n) is 10.3. The fourth-order valence-corrected chi connectivity index (χ4v) is 1.80. The van der Waals surface area contributed by atoms with Gasteiger partial charge in [0.2, 0.25) is 5.95 Å². The molecule has 0 bridgehead atoms. The van der Waals surface area contributed by atoms with Crippen molar-refractivity contribution in [3.8, 4) is 0 Å². The van der Waals surface area contributed by atoms with E-state index < -0.39 is 12.8 Å². The first kappa shape index (κ1) is 14.1. The van der Waals surface area contributed by atoms with Crippen molar-refractivity contribution in [1.82, 2.24) is 20.5 Å². The molecule has 0 radical (unpaired) electrons. The van der Waals surface area contributed by atoms with Crippen LogP contribution in [0.2, 0.25) is 0 Å². The Morgan fingerprint density at radius 2 is 2.11 bits per heavy atom. The van der Waals surface area contributed by atoms with E-state index in [4.69, 9.17) is 0 Å². The minimum atomic E-state index is -4.32. The van der Waals surface area contributed by atoms with E-state index in [0.717, 1.165) is 32.6 Å².